The standard InChI is InChI=1S/C17H12F2N4O2/c18-13-4-3-5-14(19)12(13)10-22-8-11(20-21-22)9-23-15-6-1-2-7-16(15)25-17(23)24/h1-8H,9-10H2. The average molecular weight is 342 g/mol. The van der Waals surface area contributed by atoms with Crippen LogP contribution in [0, 0.1) is 11.6 Å². The summed E-state index contributed by atoms with van der Waals surface area (Å²) in [5, 5.41) is 7.83. The second-order valence-corrected chi connectivity index (χ2v) is 5.53. The molecule has 0 unspecified atom stereocenters. The lowest BCUT2D eigenvalue weighted by Gasteiger charge is -2.03. The summed E-state index contributed by atoms with van der Waals surface area (Å²) in [5.41, 5.74) is 1.51. The maximum atomic E-state index is 13.7. The summed E-state index contributed by atoms with van der Waals surface area (Å²) in [6.45, 7) is 0.0577. The number of fused-ring (bicyclic) bond motifs is 1. The van der Waals surface area contributed by atoms with Crippen molar-refractivity contribution in [2.45, 2.75) is 13.1 Å². The predicted octanol–water partition coefficient (Wildman–Crippen LogP) is 2.56. The van der Waals surface area contributed by atoms with Gasteiger partial charge in [-0.1, -0.05) is 23.4 Å². The van der Waals surface area contributed by atoms with E-state index in [2.05, 4.69) is 10.3 Å². The fourth-order valence-electron chi connectivity index (χ4n) is 2.66. The summed E-state index contributed by atoms with van der Waals surface area (Å²) >= 11 is 0. The van der Waals surface area contributed by atoms with Gasteiger partial charge < -0.3 is 4.42 Å². The molecule has 2 heterocycles. The van der Waals surface area contributed by atoms with Gasteiger partial charge in [0.25, 0.3) is 0 Å². The third-order valence-corrected chi connectivity index (χ3v) is 3.86. The molecule has 0 amide bonds. The van der Waals surface area contributed by atoms with Crippen molar-refractivity contribution in [1.82, 2.24) is 19.6 Å². The molecule has 4 aromatic rings. The van der Waals surface area contributed by atoms with E-state index in [1.807, 2.05) is 0 Å². The Balaban J connectivity index is 1.61. The molecule has 4 rings (SSSR count). The minimum Gasteiger partial charge on any atom is -0.408 e. The van der Waals surface area contributed by atoms with Gasteiger partial charge in [-0.25, -0.2) is 18.3 Å². The van der Waals surface area contributed by atoms with Crippen molar-refractivity contribution >= 4 is 11.1 Å². The highest BCUT2D eigenvalue weighted by molar-refractivity contribution is 5.72. The number of rotatable bonds is 4. The number of nitrogens with zero attached hydrogens (tertiary/aromatic N) is 4. The van der Waals surface area contributed by atoms with E-state index >= 15 is 0 Å². The van der Waals surface area contributed by atoms with Crippen molar-refractivity contribution in [3.63, 3.8) is 0 Å². The van der Waals surface area contributed by atoms with Gasteiger partial charge in [-0.05, 0) is 24.3 Å². The molecule has 0 aliphatic rings. The second kappa shape index (κ2) is 5.97. The zero-order valence-electron chi connectivity index (χ0n) is 12.9. The van der Waals surface area contributed by atoms with Crippen molar-refractivity contribution in [2.24, 2.45) is 0 Å². The Morgan fingerprint density at radius 2 is 1.76 bits per heavy atom. The van der Waals surface area contributed by atoms with Crippen LogP contribution in [-0.4, -0.2) is 19.6 Å². The molecule has 0 saturated carbocycles. The van der Waals surface area contributed by atoms with E-state index in [1.165, 1.54) is 27.4 Å². The molecule has 126 valence electrons. The Hall–Kier alpha value is -3.29. The normalized spacial score (nSPS) is 11.3. The van der Waals surface area contributed by atoms with Gasteiger partial charge in [-0.3, -0.25) is 4.57 Å². The maximum Gasteiger partial charge on any atom is 0.420 e. The second-order valence-electron chi connectivity index (χ2n) is 5.53. The van der Waals surface area contributed by atoms with E-state index in [1.54, 1.807) is 30.5 Å². The molecule has 0 N–H and O–H groups in total. The molecule has 0 aliphatic heterocycles. The van der Waals surface area contributed by atoms with Crippen molar-refractivity contribution in [3.05, 3.63) is 82.1 Å². The van der Waals surface area contributed by atoms with Gasteiger partial charge in [0, 0.05) is 5.56 Å². The Bertz CT molecular complexity index is 1090. The van der Waals surface area contributed by atoms with Gasteiger partial charge in [0.1, 0.15) is 17.3 Å². The van der Waals surface area contributed by atoms with Crippen LogP contribution < -0.4 is 5.76 Å². The van der Waals surface area contributed by atoms with Crippen LogP contribution in [0.4, 0.5) is 8.78 Å². The molecular formula is C17H12F2N4O2. The highest BCUT2D eigenvalue weighted by atomic mass is 19.1. The SMILES string of the molecule is O=c1oc2ccccc2n1Cc1cn(Cc2c(F)cccc2F)nn1. The summed E-state index contributed by atoms with van der Waals surface area (Å²) in [6, 6.07) is 10.7. The number of aromatic nitrogens is 4. The first-order valence-corrected chi connectivity index (χ1v) is 7.52. The van der Waals surface area contributed by atoms with Crippen LogP contribution >= 0.6 is 0 Å². The Morgan fingerprint density at radius 1 is 1.00 bits per heavy atom. The fraction of sp³-hybridized carbons (Fsp3) is 0.118. The molecule has 0 spiro atoms. The van der Waals surface area contributed by atoms with Crippen LogP contribution in [0.2, 0.25) is 0 Å². The number of halogens is 2. The first-order valence-electron chi connectivity index (χ1n) is 7.52. The van der Waals surface area contributed by atoms with Crippen LogP contribution in [0.15, 0.2) is 57.9 Å². The summed E-state index contributed by atoms with van der Waals surface area (Å²) in [5.74, 6) is -1.79. The van der Waals surface area contributed by atoms with Gasteiger partial charge in [0.2, 0.25) is 0 Å². The lowest BCUT2D eigenvalue weighted by atomic mass is 10.2. The number of benzene rings is 2. The Kier molecular flexibility index (Phi) is 3.64. The summed E-state index contributed by atoms with van der Waals surface area (Å²) < 4.78 is 35.3. The van der Waals surface area contributed by atoms with Crippen LogP contribution in [0.3, 0.4) is 0 Å². The van der Waals surface area contributed by atoms with E-state index in [4.69, 9.17) is 4.42 Å². The topological polar surface area (TPSA) is 65.8 Å². The average Bonchev–Trinajstić information content (AvgIpc) is 3.16. The highest BCUT2D eigenvalue weighted by Crippen LogP contribution is 2.15. The van der Waals surface area contributed by atoms with Crippen LogP contribution in [0.25, 0.3) is 11.1 Å². The van der Waals surface area contributed by atoms with E-state index in [0.29, 0.717) is 16.8 Å². The lowest BCUT2D eigenvalue weighted by Crippen LogP contribution is -2.15. The molecule has 0 atom stereocenters. The zero-order valence-corrected chi connectivity index (χ0v) is 12.9. The van der Waals surface area contributed by atoms with Crippen LogP contribution in [0.5, 0.6) is 0 Å². The molecule has 0 radical (unpaired) electrons. The van der Waals surface area contributed by atoms with Crippen molar-refractivity contribution in [3.8, 4) is 0 Å². The van der Waals surface area contributed by atoms with Gasteiger partial charge in [0.05, 0.1) is 24.8 Å². The van der Waals surface area contributed by atoms with Crippen molar-refractivity contribution in [1.29, 1.82) is 0 Å². The maximum absolute atomic E-state index is 13.7. The molecule has 0 fully saturated rings. The van der Waals surface area contributed by atoms with E-state index < -0.39 is 17.4 Å². The number of hydrogen-bond donors (Lipinski definition) is 0. The first-order chi connectivity index (χ1) is 12.1. The zero-order chi connectivity index (χ0) is 17.4. The van der Waals surface area contributed by atoms with E-state index in [9.17, 15) is 13.6 Å². The first kappa shape index (κ1) is 15.3. The summed E-state index contributed by atoms with van der Waals surface area (Å²) in [7, 11) is 0. The molecule has 2 aromatic carbocycles. The van der Waals surface area contributed by atoms with Gasteiger partial charge in [-0.2, -0.15) is 0 Å². The largest absolute Gasteiger partial charge is 0.420 e. The Labute approximate surface area is 139 Å². The lowest BCUT2D eigenvalue weighted by molar-refractivity contribution is 0.516. The van der Waals surface area contributed by atoms with Gasteiger partial charge in [-0.15, -0.1) is 5.10 Å². The van der Waals surface area contributed by atoms with Gasteiger partial charge in [0.15, 0.2) is 5.58 Å². The van der Waals surface area contributed by atoms with E-state index in [0.717, 1.165) is 0 Å². The molecule has 0 saturated heterocycles. The molecule has 8 heteroatoms. The summed E-state index contributed by atoms with van der Waals surface area (Å²) in [6.07, 6.45) is 1.54. The molecule has 6 nitrogen and oxygen atoms in total. The van der Waals surface area contributed by atoms with Crippen molar-refractivity contribution < 1.29 is 13.2 Å². The summed E-state index contributed by atoms with van der Waals surface area (Å²) in [4.78, 5) is 12.0. The van der Waals surface area contributed by atoms with Crippen molar-refractivity contribution in [2.75, 3.05) is 0 Å². The third-order valence-electron chi connectivity index (χ3n) is 3.86. The number of oxazole rings is 1. The Morgan fingerprint density at radius 3 is 2.56 bits per heavy atom. The molecule has 0 bridgehead atoms. The molecule has 2 aromatic heterocycles. The predicted molar refractivity (Wildman–Crippen MR) is 85.1 cm³/mol. The fourth-order valence-corrected chi connectivity index (χ4v) is 2.66. The minimum absolute atomic E-state index is 0.0907. The number of hydrogen-bond acceptors (Lipinski definition) is 4. The van der Waals surface area contributed by atoms with Gasteiger partial charge >= 0.3 is 5.76 Å². The molecular weight excluding hydrogens is 330 g/mol. The van der Waals surface area contributed by atoms with E-state index in [-0.39, 0.29) is 18.7 Å². The van der Waals surface area contributed by atoms with Crippen LogP contribution in [-0.2, 0) is 13.1 Å². The quantitative estimate of drug-likeness (QED) is 0.572. The monoisotopic (exact) mass is 342 g/mol. The third kappa shape index (κ3) is 2.82. The highest BCUT2D eigenvalue weighted by Gasteiger charge is 2.13. The minimum atomic E-state index is -0.644. The number of para-hydroxylation sites is 2. The van der Waals surface area contributed by atoms with Crippen LogP contribution in [0.1, 0.15) is 11.3 Å². The smallest absolute Gasteiger partial charge is 0.408 e. The molecule has 0 aliphatic carbocycles. The molecule has 25 heavy (non-hydrogen) atoms.